The molecule has 0 amide bonds. The van der Waals surface area contributed by atoms with Crippen molar-refractivity contribution in [1.82, 2.24) is 24.7 Å². The summed E-state index contributed by atoms with van der Waals surface area (Å²) >= 11 is 0. The van der Waals surface area contributed by atoms with Crippen LogP contribution in [0, 0.1) is 5.41 Å². The summed E-state index contributed by atoms with van der Waals surface area (Å²) in [5.41, 5.74) is 7.28. The SMILES string of the molecule is COc1cc(CF)cc(C(Nc2ccc(C(=N)N)cc2)c2nn(-c3ncccn3)c(=O)[nH]2)c1. The fraction of sp³-hybridized carbons (Fsp3) is 0.136. The number of rotatable bonds is 8. The molecule has 10 nitrogen and oxygen atoms in total. The van der Waals surface area contributed by atoms with Crippen molar-refractivity contribution in [2.75, 3.05) is 12.4 Å². The highest BCUT2D eigenvalue weighted by atomic mass is 19.1. The number of methoxy groups -OCH3 is 1. The Kier molecular flexibility index (Phi) is 6.11. The van der Waals surface area contributed by atoms with Crippen LogP contribution in [0.25, 0.3) is 5.95 Å². The van der Waals surface area contributed by atoms with Gasteiger partial charge in [-0.25, -0.2) is 19.2 Å². The molecule has 33 heavy (non-hydrogen) atoms. The van der Waals surface area contributed by atoms with E-state index < -0.39 is 18.4 Å². The molecule has 0 aliphatic carbocycles. The van der Waals surface area contributed by atoms with Crippen molar-refractivity contribution in [3.8, 4) is 11.7 Å². The molecule has 0 bridgehead atoms. The molecule has 168 valence electrons. The minimum absolute atomic E-state index is 0.0515. The topological polar surface area (TPSA) is 148 Å². The van der Waals surface area contributed by atoms with E-state index in [1.165, 1.54) is 19.5 Å². The van der Waals surface area contributed by atoms with Gasteiger partial charge in [0.1, 0.15) is 24.3 Å². The average Bonchev–Trinajstić information content (AvgIpc) is 3.24. The van der Waals surface area contributed by atoms with Gasteiger partial charge in [0.25, 0.3) is 5.95 Å². The summed E-state index contributed by atoms with van der Waals surface area (Å²) in [7, 11) is 1.49. The summed E-state index contributed by atoms with van der Waals surface area (Å²) < 4.78 is 19.9. The van der Waals surface area contributed by atoms with Crippen molar-refractivity contribution in [2.45, 2.75) is 12.7 Å². The monoisotopic (exact) mass is 448 g/mol. The maximum Gasteiger partial charge on any atom is 0.350 e. The van der Waals surface area contributed by atoms with Crippen LogP contribution in [-0.4, -0.2) is 37.7 Å². The molecular weight excluding hydrogens is 427 g/mol. The summed E-state index contributed by atoms with van der Waals surface area (Å²) in [6.07, 6.45) is 3.01. The van der Waals surface area contributed by atoms with Crippen molar-refractivity contribution >= 4 is 11.5 Å². The zero-order chi connectivity index (χ0) is 23.4. The van der Waals surface area contributed by atoms with E-state index in [0.29, 0.717) is 28.1 Å². The summed E-state index contributed by atoms with van der Waals surface area (Å²) in [5, 5.41) is 15.2. The number of hydrogen-bond donors (Lipinski definition) is 4. The van der Waals surface area contributed by atoms with Gasteiger partial charge in [0, 0.05) is 23.6 Å². The molecule has 1 atom stereocenters. The Balaban J connectivity index is 1.80. The Labute approximate surface area is 187 Å². The molecule has 0 saturated carbocycles. The van der Waals surface area contributed by atoms with Gasteiger partial charge in [-0.3, -0.25) is 10.4 Å². The smallest absolute Gasteiger partial charge is 0.350 e. The van der Waals surface area contributed by atoms with Crippen LogP contribution in [0.3, 0.4) is 0 Å². The molecule has 0 aliphatic heterocycles. The number of ether oxygens (including phenoxy) is 1. The average molecular weight is 448 g/mol. The minimum Gasteiger partial charge on any atom is -0.497 e. The Morgan fingerprint density at radius 1 is 1.24 bits per heavy atom. The van der Waals surface area contributed by atoms with Gasteiger partial charge in [-0.05, 0) is 53.6 Å². The molecule has 0 radical (unpaired) electrons. The third-order valence-electron chi connectivity index (χ3n) is 4.87. The van der Waals surface area contributed by atoms with Crippen LogP contribution in [0.5, 0.6) is 5.75 Å². The fourth-order valence-corrected chi connectivity index (χ4v) is 3.28. The second-order valence-corrected chi connectivity index (χ2v) is 7.09. The number of nitrogen functional groups attached to an aromatic ring is 1. The van der Waals surface area contributed by atoms with Gasteiger partial charge in [-0.1, -0.05) is 6.07 Å². The van der Waals surface area contributed by atoms with E-state index in [1.807, 2.05) is 0 Å². The van der Waals surface area contributed by atoms with Crippen LogP contribution in [0.2, 0.25) is 0 Å². The zero-order valence-electron chi connectivity index (χ0n) is 17.6. The van der Waals surface area contributed by atoms with E-state index >= 15 is 0 Å². The normalized spacial score (nSPS) is 11.7. The first kappa shape index (κ1) is 21.7. The number of H-pyrrole nitrogens is 1. The molecule has 0 fully saturated rings. The van der Waals surface area contributed by atoms with Crippen molar-refractivity contribution in [2.24, 2.45) is 5.73 Å². The highest BCUT2D eigenvalue weighted by molar-refractivity contribution is 5.95. The molecule has 2 aromatic carbocycles. The third kappa shape index (κ3) is 4.71. The number of nitrogens with two attached hydrogens (primary N) is 1. The van der Waals surface area contributed by atoms with E-state index in [4.69, 9.17) is 15.9 Å². The number of alkyl halides is 1. The van der Waals surface area contributed by atoms with Crippen LogP contribution in [-0.2, 0) is 6.67 Å². The second kappa shape index (κ2) is 9.30. The lowest BCUT2D eigenvalue weighted by molar-refractivity contribution is 0.411. The van der Waals surface area contributed by atoms with Gasteiger partial charge >= 0.3 is 5.69 Å². The standard InChI is InChI=1S/C22H21FN8O2/c1-33-17-10-13(12-23)9-15(11-17)18(28-16-5-3-14(4-6-16)19(24)25)20-29-22(32)31(30-20)21-26-7-2-8-27-21/h2-11,18,28H,12H2,1H3,(H3,24,25)(H,29,30,32). The summed E-state index contributed by atoms with van der Waals surface area (Å²) in [6, 6.07) is 12.8. The van der Waals surface area contributed by atoms with Crippen molar-refractivity contribution in [3.05, 3.63) is 93.9 Å². The number of halogens is 1. The van der Waals surface area contributed by atoms with E-state index in [-0.39, 0.29) is 17.6 Å². The molecule has 11 heteroatoms. The van der Waals surface area contributed by atoms with Gasteiger partial charge in [0.15, 0.2) is 5.82 Å². The lowest BCUT2D eigenvalue weighted by Gasteiger charge is -2.20. The van der Waals surface area contributed by atoms with E-state index in [1.54, 1.807) is 48.5 Å². The predicted octanol–water partition coefficient (Wildman–Crippen LogP) is 2.31. The van der Waals surface area contributed by atoms with Crippen LogP contribution >= 0.6 is 0 Å². The molecule has 0 spiro atoms. The largest absolute Gasteiger partial charge is 0.497 e. The number of hydrogen-bond acceptors (Lipinski definition) is 7. The number of nitrogens with zero attached hydrogens (tertiary/aromatic N) is 4. The fourth-order valence-electron chi connectivity index (χ4n) is 3.28. The van der Waals surface area contributed by atoms with Gasteiger partial charge in [0.2, 0.25) is 0 Å². The molecule has 2 aromatic heterocycles. The van der Waals surface area contributed by atoms with Crippen LogP contribution in [0.15, 0.2) is 65.7 Å². The van der Waals surface area contributed by atoms with Crippen LogP contribution < -0.4 is 21.5 Å². The molecule has 4 aromatic rings. The molecule has 0 aliphatic rings. The van der Waals surface area contributed by atoms with E-state index in [2.05, 4.69) is 25.4 Å². The maximum absolute atomic E-state index is 13.5. The predicted molar refractivity (Wildman–Crippen MR) is 121 cm³/mol. The summed E-state index contributed by atoms with van der Waals surface area (Å²) in [6.45, 7) is -0.687. The van der Waals surface area contributed by atoms with Crippen molar-refractivity contribution in [1.29, 1.82) is 5.41 Å². The summed E-state index contributed by atoms with van der Waals surface area (Å²) in [4.78, 5) is 23.5. The first-order valence-electron chi connectivity index (χ1n) is 9.90. The van der Waals surface area contributed by atoms with E-state index in [0.717, 1.165) is 4.68 Å². The lowest BCUT2D eigenvalue weighted by atomic mass is 10.0. The number of benzene rings is 2. The Morgan fingerprint density at radius 2 is 1.97 bits per heavy atom. The number of aromatic nitrogens is 5. The highest BCUT2D eigenvalue weighted by Gasteiger charge is 2.22. The number of anilines is 1. The quantitative estimate of drug-likeness (QED) is 0.239. The maximum atomic E-state index is 13.5. The Morgan fingerprint density at radius 3 is 2.61 bits per heavy atom. The Hall–Kier alpha value is -4.54. The van der Waals surface area contributed by atoms with Gasteiger partial charge in [-0.2, -0.15) is 0 Å². The van der Waals surface area contributed by atoms with Crippen molar-refractivity contribution in [3.63, 3.8) is 0 Å². The van der Waals surface area contributed by atoms with Crippen LogP contribution in [0.4, 0.5) is 10.1 Å². The molecule has 4 rings (SSSR count). The van der Waals surface area contributed by atoms with Crippen molar-refractivity contribution < 1.29 is 9.13 Å². The number of nitrogens with one attached hydrogen (secondary N) is 3. The first-order valence-corrected chi connectivity index (χ1v) is 9.90. The molecule has 0 saturated heterocycles. The Bertz CT molecular complexity index is 1300. The molecule has 1 unspecified atom stereocenters. The van der Waals surface area contributed by atoms with Gasteiger partial charge in [0.05, 0.1) is 7.11 Å². The van der Waals surface area contributed by atoms with Gasteiger partial charge < -0.3 is 15.8 Å². The second-order valence-electron chi connectivity index (χ2n) is 7.09. The van der Waals surface area contributed by atoms with Crippen LogP contribution in [0.1, 0.15) is 28.6 Å². The highest BCUT2D eigenvalue weighted by Crippen LogP contribution is 2.29. The zero-order valence-corrected chi connectivity index (χ0v) is 17.6. The lowest BCUT2D eigenvalue weighted by Crippen LogP contribution is -2.18. The summed E-state index contributed by atoms with van der Waals surface area (Å²) in [5.74, 6) is 0.794. The molecule has 2 heterocycles. The minimum atomic E-state index is -0.687. The first-order chi connectivity index (χ1) is 16.0. The number of aromatic amines is 1. The number of amidine groups is 1. The molecular formula is C22H21FN8O2. The molecule has 5 N–H and O–H groups in total. The van der Waals surface area contributed by atoms with Gasteiger partial charge in [-0.15, -0.1) is 9.78 Å². The third-order valence-corrected chi connectivity index (χ3v) is 4.87. The van der Waals surface area contributed by atoms with E-state index in [9.17, 15) is 9.18 Å².